The monoisotopic (exact) mass is 403 g/mol. The van der Waals surface area contributed by atoms with Gasteiger partial charge in [-0.05, 0) is 42.7 Å². The van der Waals surface area contributed by atoms with E-state index in [1.54, 1.807) is 30.9 Å². The SMILES string of the molecule is CSCc1nc2ccccc2n1CC(=O)N(C)c1ccc(S(C)(=O)=O)cc1. The van der Waals surface area contributed by atoms with E-state index in [0.717, 1.165) is 23.1 Å². The number of imidazole rings is 1. The Hall–Kier alpha value is -2.32. The van der Waals surface area contributed by atoms with Crippen LogP contribution < -0.4 is 4.90 Å². The Morgan fingerprint density at radius 1 is 1.15 bits per heavy atom. The number of hydrogen-bond donors (Lipinski definition) is 0. The zero-order chi connectivity index (χ0) is 19.6. The molecule has 0 aliphatic rings. The number of carbonyl (C=O) groups is 1. The summed E-state index contributed by atoms with van der Waals surface area (Å²) in [6.07, 6.45) is 3.16. The van der Waals surface area contributed by atoms with Gasteiger partial charge in [0.2, 0.25) is 5.91 Å². The molecule has 27 heavy (non-hydrogen) atoms. The number of nitrogens with zero attached hydrogens (tertiary/aromatic N) is 3. The fraction of sp³-hybridized carbons (Fsp3) is 0.263. The number of para-hydroxylation sites is 2. The van der Waals surface area contributed by atoms with Gasteiger partial charge < -0.3 is 9.47 Å². The number of aromatic nitrogens is 2. The second kappa shape index (κ2) is 7.74. The summed E-state index contributed by atoms with van der Waals surface area (Å²) in [6, 6.07) is 14.1. The van der Waals surface area contributed by atoms with E-state index >= 15 is 0 Å². The molecule has 1 aromatic heterocycles. The van der Waals surface area contributed by atoms with Crippen LogP contribution in [-0.2, 0) is 26.9 Å². The van der Waals surface area contributed by atoms with Gasteiger partial charge >= 0.3 is 0 Å². The van der Waals surface area contributed by atoms with Crippen LogP contribution in [0, 0.1) is 0 Å². The van der Waals surface area contributed by atoms with Crippen LogP contribution in [0.2, 0.25) is 0 Å². The summed E-state index contributed by atoms with van der Waals surface area (Å²) in [4.78, 5) is 19.2. The fourth-order valence-corrected chi connectivity index (χ4v) is 3.95. The van der Waals surface area contributed by atoms with Crippen molar-refractivity contribution in [3.05, 3.63) is 54.4 Å². The number of likely N-dealkylation sites (N-methyl/N-ethyl adjacent to an activating group) is 1. The van der Waals surface area contributed by atoms with E-state index in [1.165, 1.54) is 17.0 Å². The van der Waals surface area contributed by atoms with Gasteiger partial charge in [-0.1, -0.05) is 12.1 Å². The Balaban J connectivity index is 1.86. The number of sulfone groups is 1. The molecule has 2 aromatic carbocycles. The van der Waals surface area contributed by atoms with Crippen LogP contribution in [0.1, 0.15) is 5.82 Å². The first-order valence-electron chi connectivity index (χ1n) is 8.31. The quantitative estimate of drug-likeness (QED) is 0.633. The van der Waals surface area contributed by atoms with Gasteiger partial charge in [-0.15, -0.1) is 0 Å². The third kappa shape index (κ3) is 4.17. The Kier molecular flexibility index (Phi) is 5.57. The molecule has 0 N–H and O–H groups in total. The topological polar surface area (TPSA) is 72.3 Å². The van der Waals surface area contributed by atoms with Gasteiger partial charge in [0, 0.05) is 19.0 Å². The van der Waals surface area contributed by atoms with Gasteiger partial charge in [0.25, 0.3) is 0 Å². The van der Waals surface area contributed by atoms with Crippen molar-refractivity contribution in [1.29, 1.82) is 0 Å². The maximum atomic E-state index is 12.8. The van der Waals surface area contributed by atoms with Crippen molar-refractivity contribution >= 4 is 44.2 Å². The zero-order valence-electron chi connectivity index (χ0n) is 15.4. The Labute approximate surface area is 163 Å². The summed E-state index contributed by atoms with van der Waals surface area (Å²) < 4.78 is 25.1. The van der Waals surface area contributed by atoms with Crippen LogP contribution in [-0.4, -0.2) is 43.4 Å². The second-order valence-electron chi connectivity index (χ2n) is 6.25. The van der Waals surface area contributed by atoms with Crippen LogP contribution in [0.25, 0.3) is 11.0 Å². The maximum Gasteiger partial charge on any atom is 0.246 e. The number of fused-ring (bicyclic) bond motifs is 1. The van der Waals surface area contributed by atoms with Crippen LogP contribution >= 0.6 is 11.8 Å². The number of anilines is 1. The van der Waals surface area contributed by atoms with Crippen molar-refractivity contribution in [2.24, 2.45) is 0 Å². The average molecular weight is 404 g/mol. The normalized spacial score (nSPS) is 11.7. The lowest BCUT2D eigenvalue weighted by Gasteiger charge is -2.19. The van der Waals surface area contributed by atoms with Gasteiger partial charge in [0.05, 0.1) is 21.7 Å². The molecule has 1 heterocycles. The molecule has 0 spiro atoms. The van der Waals surface area contributed by atoms with E-state index < -0.39 is 9.84 Å². The molecular weight excluding hydrogens is 382 g/mol. The lowest BCUT2D eigenvalue weighted by atomic mass is 10.3. The molecule has 0 fully saturated rings. The third-order valence-corrected chi connectivity index (χ3v) is 6.00. The summed E-state index contributed by atoms with van der Waals surface area (Å²) >= 11 is 1.65. The van der Waals surface area contributed by atoms with Crippen molar-refractivity contribution in [2.45, 2.75) is 17.2 Å². The lowest BCUT2D eigenvalue weighted by molar-refractivity contribution is -0.118. The van der Waals surface area contributed by atoms with Crippen molar-refractivity contribution < 1.29 is 13.2 Å². The molecule has 0 bridgehead atoms. The average Bonchev–Trinajstić information content (AvgIpc) is 2.98. The summed E-state index contributed by atoms with van der Waals surface area (Å²) in [5.74, 6) is 1.47. The van der Waals surface area contributed by atoms with Crippen LogP contribution in [0.15, 0.2) is 53.4 Å². The Morgan fingerprint density at radius 2 is 1.81 bits per heavy atom. The Bertz CT molecular complexity index is 1070. The standard InChI is InChI=1S/C19H21N3O3S2/c1-21(14-8-10-15(11-9-14)27(3,24)25)19(23)12-22-17-7-5-4-6-16(17)20-18(22)13-26-2/h4-11H,12-13H2,1-3H3. The highest BCUT2D eigenvalue weighted by atomic mass is 32.2. The van der Waals surface area contributed by atoms with Gasteiger partial charge in [0.15, 0.2) is 9.84 Å². The molecule has 0 radical (unpaired) electrons. The predicted molar refractivity (Wildman–Crippen MR) is 110 cm³/mol. The number of rotatable bonds is 6. The largest absolute Gasteiger partial charge is 0.318 e. The van der Waals surface area contributed by atoms with Crippen LogP contribution in [0.4, 0.5) is 5.69 Å². The molecule has 0 saturated heterocycles. The molecule has 0 unspecified atom stereocenters. The van der Waals surface area contributed by atoms with Crippen LogP contribution in [0.3, 0.4) is 0 Å². The number of amides is 1. The highest BCUT2D eigenvalue weighted by molar-refractivity contribution is 7.97. The third-order valence-electron chi connectivity index (χ3n) is 4.33. The molecule has 8 heteroatoms. The van der Waals surface area contributed by atoms with E-state index in [-0.39, 0.29) is 17.3 Å². The van der Waals surface area contributed by atoms with E-state index in [4.69, 9.17) is 0 Å². The highest BCUT2D eigenvalue weighted by Crippen LogP contribution is 2.21. The maximum absolute atomic E-state index is 12.8. The first kappa shape index (κ1) is 19.4. The van der Waals surface area contributed by atoms with Crippen LogP contribution in [0.5, 0.6) is 0 Å². The first-order chi connectivity index (χ1) is 12.8. The molecule has 0 atom stereocenters. The van der Waals surface area contributed by atoms with Gasteiger partial charge in [-0.3, -0.25) is 4.79 Å². The van der Waals surface area contributed by atoms with E-state index in [1.807, 2.05) is 35.1 Å². The molecule has 6 nitrogen and oxygen atoms in total. The molecule has 3 aromatic rings. The minimum absolute atomic E-state index is 0.104. The van der Waals surface area contributed by atoms with E-state index in [2.05, 4.69) is 4.98 Å². The highest BCUT2D eigenvalue weighted by Gasteiger charge is 2.17. The summed E-state index contributed by atoms with van der Waals surface area (Å²) in [5, 5.41) is 0. The smallest absolute Gasteiger partial charge is 0.246 e. The number of hydrogen-bond acceptors (Lipinski definition) is 5. The van der Waals surface area contributed by atoms with Gasteiger partial charge in [0.1, 0.15) is 12.4 Å². The minimum atomic E-state index is -3.26. The van der Waals surface area contributed by atoms with E-state index in [9.17, 15) is 13.2 Å². The second-order valence-corrected chi connectivity index (χ2v) is 9.14. The van der Waals surface area contributed by atoms with Crippen molar-refractivity contribution in [1.82, 2.24) is 9.55 Å². The number of benzene rings is 2. The molecule has 0 saturated carbocycles. The minimum Gasteiger partial charge on any atom is -0.318 e. The molecule has 142 valence electrons. The molecule has 0 aliphatic heterocycles. The summed E-state index contributed by atoms with van der Waals surface area (Å²) in [5.41, 5.74) is 2.44. The molecular formula is C19H21N3O3S2. The molecule has 0 aliphatic carbocycles. The first-order valence-corrected chi connectivity index (χ1v) is 11.6. The molecule has 1 amide bonds. The summed E-state index contributed by atoms with van der Waals surface area (Å²) in [7, 11) is -1.58. The summed E-state index contributed by atoms with van der Waals surface area (Å²) in [6.45, 7) is 0.167. The predicted octanol–water partition coefficient (Wildman–Crippen LogP) is 2.97. The Morgan fingerprint density at radius 3 is 2.44 bits per heavy atom. The van der Waals surface area contributed by atoms with Crippen molar-refractivity contribution in [3.63, 3.8) is 0 Å². The number of carbonyl (C=O) groups excluding carboxylic acids is 1. The molecule has 3 rings (SSSR count). The number of thioether (sulfide) groups is 1. The van der Waals surface area contributed by atoms with Crippen molar-refractivity contribution in [2.75, 3.05) is 24.5 Å². The fourth-order valence-electron chi connectivity index (χ4n) is 2.84. The lowest BCUT2D eigenvalue weighted by Crippen LogP contribution is -2.30. The van der Waals surface area contributed by atoms with E-state index in [0.29, 0.717) is 11.4 Å². The van der Waals surface area contributed by atoms with Gasteiger partial charge in [-0.25, -0.2) is 13.4 Å². The van der Waals surface area contributed by atoms with Gasteiger partial charge in [-0.2, -0.15) is 11.8 Å². The zero-order valence-corrected chi connectivity index (χ0v) is 17.0. The van der Waals surface area contributed by atoms with Crippen molar-refractivity contribution in [3.8, 4) is 0 Å².